The van der Waals surface area contributed by atoms with Crippen molar-refractivity contribution >= 4 is 17.6 Å². The largest absolute Gasteiger partial charge is 0.486 e. The molecule has 0 bridgehead atoms. The number of hydrogen-bond donors (Lipinski definition) is 1. The summed E-state index contributed by atoms with van der Waals surface area (Å²) in [7, 11) is 0. The summed E-state index contributed by atoms with van der Waals surface area (Å²) in [5.41, 5.74) is 2.53. The number of para-hydroxylation sites is 1. The van der Waals surface area contributed by atoms with E-state index in [-0.39, 0.29) is 18.2 Å². The molecule has 7 heteroatoms. The van der Waals surface area contributed by atoms with Crippen LogP contribution in [0, 0.1) is 19.7 Å². The number of benzene rings is 2. The molecule has 1 amide bonds. The zero-order valence-electron chi connectivity index (χ0n) is 16.9. The molecule has 0 aliphatic rings. The predicted molar refractivity (Wildman–Crippen MR) is 109 cm³/mol. The van der Waals surface area contributed by atoms with E-state index in [0.717, 1.165) is 11.1 Å². The van der Waals surface area contributed by atoms with Crippen LogP contribution in [0.5, 0.6) is 5.75 Å². The van der Waals surface area contributed by atoms with Crippen LogP contribution in [-0.2, 0) is 16.1 Å². The van der Waals surface area contributed by atoms with E-state index in [1.807, 2.05) is 32.0 Å². The number of esters is 1. The van der Waals surface area contributed by atoms with E-state index in [1.165, 1.54) is 37.3 Å². The van der Waals surface area contributed by atoms with Gasteiger partial charge < -0.3 is 19.2 Å². The first-order valence-corrected chi connectivity index (χ1v) is 9.38. The molecule has 1 N–H and O–H groups in total. The van der Waals surface area contributed by atoms with Crippen molar-refractivity contribution in [3.8, 4) is 5.75 Å². The quantitative estimate of drug-likeness (QED) is 0.565. The van der Waals surface area contributed by atoms with Gasteiger partial charge in [-0.1, -0.05) is 18.2 Å². The molecule has 1 atom stereocenters. The van der Waals surface area contributed by atoms with Crippen LogP contribution >= 0.6 is 0 Å². The van der Waals surface area contributed by atoms with Gasteiger partial charge in [0.05, 0.1) is 0 Å². The van der Waals surface area contributed by atoms with Gasteiger partial charge in [0, 0.05) is 5.69 Å². The molecule has 0 radical (unpaired) electrons. The number of amides is 1. The summed E-state index contributed by atoms with van der Waals surface area (Å²) in [5, 5.41) is 2.79. The normalized spacial score (nSPS) is 11.6. The molecule has 0 fully saturated rings. The molecule has 0 spiro atoms. The van der Waals surface area contributed by atoms with Gasteiger partial charge in [-0.3, -0.25) is 4.79 Å². The summed E-state index contributed by atoms with van der Waals surface area (Å²) in [6, 6.07) is 14.2. The fourth-order valence-electron chi connectivity index (χ4n) is 2.76. The van der Waals surface area contributed by atoms with E-state index in [9.17, 15) is 14.0 Å². The van der Waals surface area contributed by atoms with Gasteiger partial charge in [-0.25, -0.2) is 9.18 Å². The molecule has 156 valence electrons. The van der Waals surface area contributed by atoms with Crippen molar-refractivity contribution < 1.29 is 27.9 Å². The molecule has 1 heterocycles. The smallest absolute Gasteiger partial charge is 0.375 e. The Morgan fingerprint density at radius 1 is 1.03 bits per heavy atom. The van der Waals surface area contributed by atoms with Crippen LogP contribution in [0.4, 0.5) is 10.1 Å². The Balaban J connectivity index is 1.55. The van der Waals surface area contributed by atoms with Crippen molar-refractivity contribution in [2.24, 2.45) is 0 Å². The Bertz CT molecular complexity index is 1020. The topological polar surface area (TPSA) is 77.8 Å². The maximum Gasteiger partial charge on any atom is 0.375 e. The molecule has 0 aliphatic heterocycles. The first-order chi connectivity index (χ1) is 14.3. The average Bonchev–Trinajstić information content (AvgIpc) is 3.19. The van der Waals surface area contributed by atoms with Gasteiger partial charge in [0.15, 0.2) is 6.10 Å². The average molecular weight is 411 g/mol. The second-order valence-electron chi connectivity index (χ2n) is 6.81. The number of nitrogens with one attached hydrogen (secondary N) is 1. The Hall–Kier alpha value is -3.61. The minimum atomic E-state index is -1.01. The lowest BCUT2D eigenvalue weighted by Gasteiger charge is -2.15. The first kappa shape index (κ1) is 21.1. The van der Waals surface area contributed by atoms with E-state index in [1.54, 1.807) is 6.07 Å². The molecule has 1 aromatic heterocycles. The van der Waals surface area contributed by atoms with Crippen molar-refractivity contribution in [3.05, 3.63) is 83.1 Å². The summed E-state index contributed by atoms with van der Waals surface area (Å²) in [4.78, 5) is 24.7. The number of ether oxygens (including phenoxy) is 2. The number of hydrogen-bond acceptors (Lipinski definition) is 5. The van der Waals surface area contributed by atoms with Crippen molar-refractivity contribution in [1.82, 2.24) is 0 Å². The summed E-state index contributed by atoms with van der Waals surface area (Å²) >= 11 is 0. The number of anilines is 1. The number of rotatable bonds is 7. The van der Waals surface area contributed by atoms with Crippen molar-refractivity contribution in [3.63, 3.8) is 0 Å². The van der Waals surface area contributed by atoms with E-state index < -0.39 is 18.0 Å². The second kappa shape index (κ2) is 9.26. The van der Waals surface area contributed by atoms with Gasteiger partial charge in [-0.15, -0.1) is 0 Å². The number of carbonyl (C=O) groups excluding carboxylic acids is 2. The number of aryl methyl sites for hydroxylation is 2. The van der Waals surface area contributed by atoms with Crippen LogP contribution in [0.3, 0.4) is 0 Å². The first-order valence-electron chi connectivity index (χ1n) is 9.38. The lowest BCUT2D eigenvalue weighted by atomic mass is 10.1. The minimum Gasteiger partial charge on any atom is -0.486 e. The van der Waals surface area contributed by atoms with Crippen molar-refractivity contribution in [1.29, 1.82) is 0 Å². The highest BCUT2D eigenvalue weighted by molar-refractivity contribution is 5.97. The highest BCUT2D eigenvalue weighted by Crippen LogP contribution is 2.20. The molecule has 6 nitrogen and oxygen atoms in total. The minimum absolute atomic E-state index is 0.0422. The maximum absolute atomic E-state index is 12.9. The lowest BCUT2D eigenvalue weighted by Crippen LogP contribution is -2.30. The molecule has 3 aromatic rings. The van der Waals surface area contributed by atoms with E-state index in [4.69, 9.17) is 13.9 Å². The van der Waals surface area contributed by atoms with Crippen LogP contribution in [0.15, 0.2) is 59.0 Å². The van der Waals surface area contributed by atoms with E-state index >= 15 is 0 Å². The molecule has 3 rings (SSSR count). The van der Waals surface area contributed by atoms with Gasteiger partial charge >= 0.3 is 5.97 Å². The molecule has 0 aliphatic carbocycles. The molecule has 1 unspecified atom stereocenters. The van der Waals surface area contributed by atoms with Crippen LogP contribution in [-0.4, -0.2) is 18.0 Å². The maximum atomic E-state index is 12.9. The highest BCUT2D eigenvalue weighted by Gasteiger charge is 2.22. The van der Waals surface area contributed by atoms with Crippen molar-refractivity contribution in [2.45, 2.75) is 33.5 Å². The second-order valence-corrected chi connectivity index (χ2v) is 6.81. The van der Waals surface area contributed by atoms with Gasteiger partial charge in [0.25, 0.3) is 5.91 Å². The molecule has 0 saturated heterocycles. The van der Waals surface area contributed by atoms with Gasteiger partial charge in [0.2, 0.25) is 5.76 Å². The van der Waals surface area contributed by atoms with E-state index in [0.29, 0.717) is 17.2 Å². The molecule has 0 saturated carbocycles. The SMILES string of the molecule is Cc1cccc(C)c1NC(=O)C(C)OC(=O)c1ccc(COc2ccc(F)cc2)o1. The fraction of sp³-hybridized carbons (Fsp3) is 0.217. The fourth-order valence-corrected chi connectivity index (χ4v) is 2.76. The van der Waals surface area contributed by atoms with Crippen LogP contribution in [0.1, 0.15) is 34.4 Å². The Kier molecular flexibility index (Phi) is 6.51. The summed E-state index contributed by atoms with van der Waals surface area (Å²) in [5.74, 6) is -0.743. The Morgan fingerprint density at radius 3 is 2.37 bits per heavy atom. The van der Waals surface area contributed by atoms with Crippen molar-refractivity contribution in [2.75, 3.05) is 5.32 Å². The van der Waals surface area contributed by atoms with Crippen LogP contribution in [0.2, 0.25) is 0 Å². The molecular formula is C23H22FNO5. The monoisotopic (exact) mass is 411 g/mol. The third-order valence-corrected chi connectivity index (χ3v) is 4.44. The molecule has 2 aromatic carbocycles. The van der Waals surface area contributed by atoms with Crippen LogP contribution in [0.25, 0.3) is 0 Å². The Labute approximate surface area is 173 Å². The lowest BCUT2D eigenvalue weighted by molar-refractivity contribution is -0.123. The highest BCUT2D eigenvalue weighted by atomic mass is 19.1. The van der Waals surface area contributed by atoms with Gasteiger partial charge in [-0.2, -0.15) is 0 Å². The summed E-state index contributed by atoms with van der Waals surface area (Å²) in [6.45, 7) is 5.32. The molecular weight excluding hydrogens is 389 g/mol. The summed E-state index contributed by atoms with van der Waals surface area (Å²) in [6.07, 6.45) is -1.01. The van der Waals surface area contributed by atoms with Gasteiger partial charge in [-0.05, 0) is 68.3 Å². The van der Waals surface area contributed by atoms with Gasteiger partial charge in [0.1, 0.15) is 23.9 Å². The zero-order valence-corrected chi connectivity index (χ0v) is 16.9. The Morgan fingerprint density at radius 2 is 1.70 bits per heavy atom. The number of furan rings is 1. The molecule has 30 heavy (non-hydrogen) atoms. The predicted octanol–water partition coefficient (Wildman–Crippen LogP) is 4.80. The zero-order chi connectivity index (χ0) is 21.7. The standard InChI is InChI=1S/C23H22FNO5/c1-14-5-4-6-15(2)21(14)25-22(26)16(3)29-23(27)20-12-11-19(30-20)13-28-18-9-7-17(24)8-10-18/h4-12,16H,13H2,1-3H3,(H,25,26). The number of carbonyl (C=O) groups is 2. The third-order valence-electron chi connectivity index (χ3n) is 4.44. The van der Waals surface area contributed by atoms with E-state index in [2.05, 4.69) is 5.32 Å². The van der Waals surface area contributed by atoms with Crippen LogP contribution < -0.4 is 10.1 Å². The summed E-state index contributed by atoms with van der Waals surface area (Å²) < 4.78 is 29.0. The number of halogens is 1. The third kappa shape index (κ3) is 5.26.